The highest BCUT2D eigenvalue weighted by molar-refractivity contribution is 7.10. The Morgan fingerprint density at radius 1 is 1.26 bits per heavy atom. The molecule has 1 aromatic rings. The Morgan fingerprint density at radius 3 is 2.42 bits per heavy atom. The summed E-state index contributed by atoms with van der Waals surface area (Å²) in [4.78, 5) is 6.31. The van der Waals surface area contributed by atoms with E-state index in [1.807, 2.05) is 0 Å². The number of hydrogen-bond donors (Lipinski definition) is 1. The molecule has 0 spiro atoms. The van der Waals surface area contributed by atoms with Gasteiger partial charge >= 0.3 is 0 Å². The third-order valence-electron chi connectivity index (χ3n) is 3.85. The Morgan fingerprint density at radius 2 is 1.95 bits per heavy atom. The molecule has 1 aliphatic heterocycles. The lowest BCUT2D eigenvalue weighted by atomic mass is 10.1. The highest BCUT2D eigenvalue weighted by Crippen LogP contribution is 2.29. The second-order valence-corrected chi connectivity index (χ2v) is 6.84. The van der Waals surface area contributed by atoms with Gasteiger partial charge in [0.25, 0.3) is 0 Å². The van der Waals surface area contributed by atoms with Gasteiger partial charge in [-0.15, -0.1) is 11.3 Å². The van der Waals surface area contributed by atoms with E-state index in [1.165, 1.54) is 17.0 Å². The van der Waals surface area contributed by atoms with Gasteiger partial charge in [0.1, 0.15) is 0 Å². The molecule has 1 atom stereocenters. The van der Waals surface area contributed by atoms with Crippen molar-refractivity contribution in [3.8, 4) is 0 Å². The van der Waals surface area contributed by atoms with Gasteiger partial charge in [0.05, 0.1) is 12.6 Å². The first-order valence-corrected chi connectivity index (χ1v) is 8.11. The normalized spacial score (nSPS) is 20.1. The van der Waals surface area contributed by atoms with Crippen molar-refractivity contribution < 1.29 is 5.11 Å². The second kappa shape index (κ2) is 6.84. The SMILES string of the molecule is Cc1ccsc1C(CO)N1CCN(CC(C)C)CC1. The van der Waals surface area contributed by atoms with Crippen LogP contribution in [0.4, 0.5) is 0 Å². The fourth-order valence-corrected chi connectivity index (χ4v) is 3.92. The molecule has 1 aliphatic rings. The standard InChI is InChI=1S/C15H26N2OS/c1-12(2)10-16-5-7-17(8-6-16)14(11-18)15-13(3)4-9-19-15/h4,9,12,14,18H,5-8,10-11H2,1-3H3. The first-order valence-electron chi connectivity index (χ1n) is 7.23. The Hall–Kier alpha value is -0.420. The maximum atomic E-state index is 9.74. The number of rotatable bonds is 5. The molecule has 108 valence electrons. The molecule has 1 saturated heterocycles. The summed E-state index contributed by atoms with van der Waals surface area (Å²) in [7, 11) is 0. The summed E-state index contributed by atoms with van der Waals surface area (Å²) in [6.45, 7) is 12.5. The number of aryl methyl sites for hydroxylation is 1. The van der Waals surface area contributed by atoms with E-state index in [0.29, 0.717) is 0 Å². The van der Waals surface area contributed by atoms with Crippen LogP contribution in [0, 0.1) is 12.8 Å². The lowest BCUT2D eigenvalue weighted by Crippen LogP contribution is -2.49. The third-order valence-corrected chi connectivity index (χ3v) is 4.97. The summed E-state index contributed by atoms with van der Waals surface area (Å²) in [6, 6.07) is 2.35. The lowest BCUT2D eigenvalue weighted by molar-refractivity contribution is 0.0618. The zero-order chi connectivity index (χ0) is 13.8. The molecule has 0 bridgehead atoms. The van der Waals surface area contributed by atoms with Crippen molar-refractivity contribution in [3.63, 3.8) is 0 Å². The van der Waals surface area contributed by atoms with Crippen molar-refractivity contribution in [2.45, 2.75) is 26.8 Å². The van der Waals surface area contributed by atoms with Crippen molar-refractivity contribution in [1.82, 2.24) is 9.80 Å². The molecule has 2 rings (SSSR count). The van der Waals surface area contributed by atoms with E-state index in [9.17, 15) is 5.11 Å². The largest absolute Gasteiger partial charge is 0.394 e. The van der Waals surface area contributed by atoms with Gasteiger partial charge < -0.3 is 10.0 Å². The van der Waals surface area contributed by atoms with Crippen LogP contribution in [-0.2, 0) is 0 Å². The zero-order valence-electron chi connectivity index (χ0n) is 12.3. The number of nitrogens with zero attached hydrogens (tertiary/aromatic N) is 2. The van der Waals surface area contributed by atoms with Crippen molar-refractivity contribution in [1.29, 1.82) is 0 Å². The van der Waals surface area contributed by atoms with Crippen LogP contribution in [0.15, 0.2) is 11.4 Å². The van der Waals surface area contributed by atoms with E-state index < -0.39 is 0 Å². The van der Waals surface area contributed by atoms with Crippen LogP contribution < -0.4 is 0 Å². The van der Waals surface area contributed by atoms with Gasteiger partial charge in [0.2, 0.25) is 0 Å². The molecular weight excluding hydrogens is 256 g/mol. The minimum atomic E-state index is 0.196. The van der Waals surface area contributed by atoms with E-state index in [-0.39, 0.29) is 12.6 Å². The molecule has 1 N–H and O–H groups in total. The molecule has 1 fully saturated rings. The molecule has 0 aliphatic carbocycles. The topological polar surface area (TPSA) is 26.7 Å². The number of hydrogen-bond acceptors (Lipinski definition) is 4. The van der Waals surface area contributed by atoms with Crippen LogP contribution in [0.5, 0.6) is 0 Å². The summed E-state index contributed by atoms with van der Waals surface area (Å²) in [6.07, 6.45) is 0. The lowest BCUT2D eigenvalue weighted by Gasteiger charge is -2.39. The monoisotopic (exact) mass is 282 g/mol. The highest BCUT2D eigenvalue weighted by Gasteiger charge is 2.26. The maximum Gasteiger partial charge on any atom is 0.0678 e. The first kappa shape index (κ1) is 15.0. The molecular formula is C15H26N2OS. The summed E-state index contributed by atoms with van der Waals surface area (Å²) in [5.74, 6) is 0.736. The van der Waals surface area contributed by atoms with Crippen LogP contribution >= 0.6 is 11.3 Å². The minimum absolute atomic E-state index is 0.196. The summed E-state index contributed by atoms with van der Waals surface area (Å²) in [5.41, 5.74) is 1.31. The van der Waals surface area contributed by atoms with Crippen LogP contribution in [0.2, 0.25) is 0 Å². The van der Waals surface area contributed by atoms with Gasteiger partial charge in [-0.25, -0.2) is 0 Å². The van der Waals surface area contributed by atoms with E-state index >= 15 is 0 Å². The molecule has 0 saturated carbocycles. The predicted octanol–water partition coefficient (Wildman–Crippen LogP) is 2.36. The van der Waals surface area contributed by atoms with Gasteiger partial charge in [0, 0.05) is 37.6 Å². The van der Waals surface area contributed by atoms with E-state index in [2.05, 4.69) is 42.0 Å². The van der Waals surface area contributed by atoms with Gasteiger partial charge in [-0.2, -0.15) is 0 Å². The number of aliphatic hydroxyl groups excluding tert-OH is 1. The molecule has 3 nitrogen and oxygen atoms in total. The molecule has 0 aromatic carbocycles. The summed E-state index contributed by atoms with van der Waals surface area (Å²) in [5, 5.41) is 11.9. The predicted molar refractivity (Wildman–Crippen MR) is 81.7 cm³/mol. The molecule has 1 aromatic heterocycles. The van der Waals surface area contributed by atoms with E-state index in [4.69, 9.17) is 0 Å². The number of aliphatic hydroxyl groups is 1. The van der Waals surface area contributed by atoms with E-state index in [0.717, 1.165) is 32.1 Å². The molecule has 0 radical (unpaired) electrons. The average Bonchev–Trinajstić information content (AvgIpc) is 2.78. The van der Waals surface area contributed by atoms with Crippen LogP contribution in [0.3, 0.4) is 0 Å². The minimum Gasteiger partial charge on any atom is -0.394 e. The van der Waals surface area contributed by atoms with Crippen LogP contribution in [0.25, 0.3) is 0 Å². The fourth-order valence-electron chi connectivity index (χ4n) is 2.86. The van der Waals surface area contributed by atoms with Crippen molar-refractivity contribution in [2.24, 2.45) is 5.92 Å². The van der Waals surface area contributed by atoms with Gasteiger partial charge in [-0.05, 0) is 29.9 Å². The van der Waals surface area contributed by atoms with Crippen molar-refractivity contribution in [2.75, 3.05) is 39.3 Å². The van der Waals surface area contributed by atoms with Crippen molar-refractivity contribution in [3.05, 3.63) is 21.9 Å². The Balaban J connectivity index is 1.94. The average molecular weight is 282 g/mol. The Labute approximate surface area is 120 Å². The van der Waals surface area contributed by atoms with Gasteiger partial charge in [-0.1, -0.05) is 13.8 Å². The maximum absolute atomic E-state index is 9.74. The number of piperazine rings is 1. The summed E-state index contributed by atoms with van der Waals surface area (Å²) < 4.78 is 0. The molecule has 1 unspecified atom stereocenters. The first-order chi connectivity index (χ1) is 9.11. The van der Waals surface area contributed by atoms with Gasteiger partial charge in [-0.3, -0.25) is 4.90 Å². The summed E-state index contributed by atoms with van der Waals surface area (Å²) >= 11 is 1.77. The van der Waals surface area contributed by atoms with E-state index in [1.54, 1.807) is 11.3 Å². The fraction of sp³-hybridized carbons (Fsp3) is 0.733. The number of thiophene rings is 1. The zero-order valence-corrected chi connectivity index (χ0v) is 13.1. The Bertz CT molecular complexity index is 383. The highest BCUT2D eigenvalue weighted by atomic mass is 32.1. The molecule has 0 amide bonds. The second-order valence-electron chi connectivity index (χ2n) is 5.90. The Kier molecular flexibility index (Phi) is 5.39. The van der Waals surface area contributed by atoms with Crippen LogP contribution in [-0.4, -0.2) is 54.2 Å². The van der Waals surface area contributed by atoms with Crippen molar-refractivity contribution >= 4 is 11.3 Å². The molecule has 2 heterocycles. The molecule has 4 heteroatoms. The van der Waals surface area contributed by atoms with Crippen LogP contribution in [0.1, 0.15) is 30.3 Å². The van der Waals surface area contributed by atoms with Gasteiger partial charge in [0.15, 0.2) is 0 Å². The smallest absolute Gasteiger partial charge is 0.0678 e. The quantitative estimate of drug-likeness (QED) is 0.898. The molecule has 19 heavy (non-hydrogen) atoms. The third kappa shape index (κ3) is 3.78.